The SMILES string of the molecule is CC(O)CNC(=O)CCCc1ccc2c(c1)CC(=O)N2. The summed E-state index contributed by atoms with van der Waals surface area (Å²) in [7, 11) is 0. The average molecular weight is 276 g/mol. The number of nitrogens with one attached hydrogen (secondary N) is 2. The Labute approximate surface area is 118 Å². The number of aryl methyl sites for hydroxylation is 1. The number of hydrogen-bond acceptors (Lipinski definition) is 3. The highest BCUT2D eigenvalue weighted by Gasteiger charge is 2.17. The van der Waals surface area contributed by atoms with E-state index < -0.39 is 6.10 Å². The van der Waals surface area contributed by atoms with Crippen LogP contribution in [0.25, 0.3) is 0 Å². The summed E-state index contributed by atoms with van der Waals surface area (Å²) in [6.45, 7) is 1.94. The molecule has 5 nitrogen and oxygen atoms in total. The summed E-state index contributed by atoms with van der Waals surface area (Å²) in [6, 6.07) is 5.93. The second-order valence-corrected chi connectivity index (χ2v) is 5.22. The molecule has 1 heterocycles. The molecular formula is C15H20N2O3. The van der Waals surface area contributed by atoms with E-state index in [1.165, 1.54) is 0 Å². The van der Waals surface area contributed by atoms with E-state index in [0.29, 0.717) is 19.4 Å². The molecule has 2 rings (SSSR count). The molecule has 0 radical (unpaired) electrons. The van der Waals surface area contributed by atoms with Gasteiger partial charge in [-0.15, -0.1) is 0 Å². The zero-order valence-corrected chi connectivity index (χ0v) is 11.6. The monoisotopic (exact) mass is 276 g/mol. The zero-order valence-electron chi connectivity index (χ0n) is 11.6. The van der Waals surface area contributed by atoms with Crippen molar-refractivity contribution in [3.05, 3.63) is 29.3 Å². The quantitative estimate of drug-likeness (QED) is 0.725. The predicted molar refractivity (Wildman–Crippen MR) is 76.4 cm³/mol. The molecule has 1 aliphatic heterocycles. The number of aliphatic hydroxyl groups is 1. The van der Waals surface area contributed by atoms with Gasteiger partial charge in [0.25, 0.3) is 0 Å². The van der Waals surface area contributed by atoms with Crippen LogP contribution in [0.2, 0.25) is 0 Å². The molecule has 0 aromatic heterocycles. The number of rotatable bonds is 6. The van der Waals surface area contributed by atoms with E-state index in [9.17, 15) is 9.59 Å². The zero-order chi connectivity index (χ0) is 14.5. The lowest BCUT2D eigenvalue weighted by Crippen LogP contribution is -2.30. The van der Waals surface area contributed by atoms with Gasteiger partial charge in [-0.2, -0.15) is 0 Å². The highest BCUT2D eigenvalue weighted by molar-refractivity contribution is 5.99. The maximum absolute atomic E-state index is 11.5. The number of amides is 2. The van der Waals surface area contributed by atoms with Crippen molar-refractivity contribution in [2.75, 3.05) is 11.9 Å². The Balaban J connectivity index is 1.76. The molecule has 108 valence electrons. The first kappa shape index (κ1) is 14.5. The van der Waals surface area contributed by atoms with E-state index in [2.05, 4.69) is 10.6 Å². The van der Waals surface area contributed by atoms with Gasteiger partial charge in [-0.3, -0.25) is 9.59 Å². The minimum Gasteiger partial charge on any atom is -0.392 e. The lowest BCUT2D eigenvalue weighted by molar-refractivity contribution is -0.121. The van der Waals surface area contributed by atoms with Gasteiger partial charge >= 0.3 is 0 Å². The molecule has 1 aromatic carbocycles. The Bertz CT molecular complexity index is 512. The number of carbonyl (C=O) groups excluding carboxylic acids is 2. The van der Waals surface area contributed by atoms with Crippen molar-refractivity contribution in [3.63, 3.8) is 0 Å². The van der Waals surface area contributed by atoms with Crippen molar-refractivity contribution in [1.82, 2.24) is 5.32 Å². The van der Waals surface area contributed by atoms with Crippen LogP contribution < -0.4 is 10.6 Å². The van der Waals surface area contributed by atoms with Crippen molar-refractivity contribution in [1.29, 1.82) is 0 Å². The van der Waals surface area contributed by atoms with Crippen LogP contribution in [0.4, 0.5) is 5.69 Å². The van der Waals surface area contributed by atoms with Gasteiger partial charge in [-0.05, 0) is 37.0 Å². The molecule has 0 saturated carbocycles. The third-order valence-corrected chi connectivity index (χ3v) is 3.26. The van der Waals surface area contributed by atoms with Crippen LogP contribution in [0.15, 0.2) is 18.2 Å². The summed E-state index contributed by atoms with van der Waals surface area (Å²) in [6.07, 6.45) is 1.94. The fourth-order valence-electron chi connectivity index (χ4n) is 2.24. The van der Waals surface area contributed by atoms with Crippen LogP contribution in [0.3, 0.4) is 0 Å². The molecule has 1 aliphatic rings. The van der Waals surface area contributed by atoms with Crippen LogP contribution >= 0.6 is 0 Å². The van der Waals surface area contributed by atoms with Gasteiger partial charge < -0.3 is 15.7 Å². The standard InChI is InChI=1S/C15H20N2O3/c1-10(18)9-16-14(19)4-2-3-11-5-6-13-12(7-11)8-15(20)17-13/h5-7,10,18H,2-4,8-9H2,1H3,(H,16,19)(H,17,20). The van der Waals surface area contributed by atoms with Gasteiger partial charge in [0.1, 0.15) is 0 Å². The summed E-state index contributed by atoms with van der Waals surface area (Å²) in [5.41, 5.74) is 3.07. The minimum absolute atomic E-state index is 0.0367. The molecule has 20 heavy (non-hydrogen) atoms. The lowest BCUT2D eigenvalue weighted by atomic mass is 10.0. The van der Waals surface area contributed by atoms with Crippen molar-refractivity contribution in [2.24, 2.45) is 0 Å². The summed E-state index contributed by atoms with van der Waals surface area (Å²) in [5, 5.41) is 14.5. The molecule has 1 aromatic rings. The number of aliphatic hydroxyl groups excluding tert-OH is 1. The third kappa shape index (κ3) is 4.06. The molecule has 0 aliphatic carbocycles. The van der Waals surface area contributed by atoms with Crippen LogP contribution in [0.5, 0.6) is 0 Å². The maximum atomic E-state index is 11.5. The Morgan fingerprint density at radius 3 is 3.05 bits per heavy atom. The molecule has 1 atom stereocenters. The van der Waals surface area contributed by atoms with Gasteiger partial charge in [0, 0.05) is 18.7 Å². The number of carbonyl (C=O) groups is 2. The van der Waals surface area contributed by atoms with E-state index in [1.54, 1.807) is 6.92 Å². The summed E-state index contributed by atoms with van der Waals surface area (Å²) in [5.74, 6) is -0.00134. The van der Waals surface area contributed by atoms with Crippen molar-refractivity contribution < 1.29 is 14.7 Å². The van der Waals surface area contributed by atoms with Crippen LogP contribution in [0.1, 0.15) is 30.9 Å². The molecule has 0 saturated heterocycles. The Morgan fingerprint density at radius 2 is 2.30 bits per heavy atom. The normalized spacial score (nSPS) is 14.6. The summed E-state index contributed by atoms with van der Waals surface area (Å²) < 4.78 is 0. The van der Waals surface area contributed by atoms with Gasteiger partial charge in [0.2, 0.25) is 11.8 Å². The fraction of sp³-hybridized carbons (Fsp3) is 0.467. The van der Waals surface area contributed by atoms with E-state index in [0.717, 1.165) is 29.7 Å². The fourth-order valence-corrected chi connectivity index (χ4v) is 2.24. The molecule has 3 N–H and O–H groups in total. The van der Waals surface area contributed by atoms with Crippen molar-refractivity contribution in [2.45, 2.75) is 38.7 Å². The lowest BCUT2D eigenvalue weighted by Gasteiger charge is -2.07. The molecule has 0 fully saturated rings. The van der Waals surface area contributed by atoms with Crippen LogP contribution in [-0.2, 0) is 22.4 Å². The number of benzene rings is 1. The van der Waals surface area contributed by atoms with E-state index in [1.807, 2.05) is 18.2 Å². The topological polar surface area (TPSA) is 78.4 Å². The summed E-state index contributed by atoms with van der Waals surface area (Å²) in [4.78, 5) is 22.7. The Morgan fingerprint density at radius 1 is 1.50 bits per heavy atom. The molecule has 0 bridgehead atoms. The van der Waals surface area contributed by atoms with Gasteiger partial charge in [-0.1, -0.05) is 12.1 Å². The highest BCUT2D eigenvalue weighted by atomic mass is 16.3. The largest absolute Gasteiger partial charge is 0.392 e. The van der Waals surface area contributed by atoms with Gasteiger partial charge in [0.15, 0.2) is 0 Å². The number of anilines is 1. The maximum Gasteiger partial charge on any atom is 0.228 e. The van der Waals surface area contributed by atoms with Crippen molar-refractivity contribution >= 4 is 17.5 Å². The minimum atomic E-state index is -0.513. The second-order valence-electron chi connectivity index (χ2n) is 5.22. The van der Waals surface area contributed by atoms with E-state index in [-0.39, 0.29) is 11.8 Å². The predicted octanol–water partition coefficient (Wildman–Crippen LogP) is 1.00. The summed E-state index contributed by atoms with van der Waals surface area (Å²) >= 11 is 0. The highest BCUT2D eigenvalue weighted by Crippen LogP contribution is 2.24. The second kappa shape index (κ2) is 6.52. The molecule has 1 unspecified atom stereocenters. The molecule has 5 heteroatoms. The first-order valence-electron chi connectivity index (χ1n) is 6.91. The van der Waals surface area contributed by atoms with E-state index in [4.69, 9.17) is 5.11 Å². The van der Waals surface area contributed by atoms with Gasteiger partial charge in [-0.25, -0.2) is 0 Å². The first-order valence-corrected chi connectivity index (χ1v) is 6.91. The molecule has 2 amide bonds. The smallest absolute Gasteiger partial charge is 0.228 e. The third-order valence-electron chi connectivity index (χ3n) is 3.26. The van der Waals surface area contributed by atoms with Crippen molar-refractivity contribution in [3.8, 4) is 0 Å². The van der Waals surface area contributed by atoms with Crippen LogP contribution in [-0.4, -0.2) is 29.6 Å². The Hall–Kier alpha value is -1.88. The molecular weight excluding hydrogens is 256 g/mol. The first-order chi connectivity index (χ1) is 9.54. The molecule has 0 spiro atoms. The van der Waals surface area contributed by atoms with E-state index >= 15 is 0 Å². The number of fused-ring (bicyclic) bond motifs is 1. The Kier molecular flexibility index (Phi) is 4.74. The van der Waals surface area contributed by atoms with Gasteiger partial charge in [0.05, 0.1) is 12.5 Å². The number of hydrogen-bond donors (Lipinski definition) is 3. The average Bonchev–Trinajstić information content (AvgIpc) is 2.75. The van der Waals surface area contributed by atoms with Crippen LogP contribution in [0, 0.1) is 0 Å².